The standard InChI is InChI=1S/C29H26ClN3O2S/c1-2-3-8-20-13-15-23(16-14-20)32-27(34)25(19-31)29-33(24-11-5-4-6-12-24)28(35)26(36-29)18-21-9-7-10-22(30)17-21/h4-7,9-17,26H,2-3,8,18H2,1H3,(H,32,34)/b29-25+/t26-/m1/s1. The summed E-state index contributed by atoms with van der Waals surface area (Å²) >= 11 is 7.37. The molecule has 1 aliphatic rings. The van der Waals surface area contributed by atoms with E-state index in [0.717, 1.165) is 24.8 Å². The molecule has 0 unspecified atom stereocenters. The molecule has 1 aliphatic heterocycles. The number of unbranched alkanes of at least 4 members (excludes halogenated alkanes) is 1. The van der Waals surface area contributed by atoms with Crippen molar-refractivity contribution in [1.29, 1.82) is 5.26 Å². The van der Waals surface area contributed by atoms with Crippen LogP contribution < -0.4 is 10.2 Å². The highest BCUT2D eigenvalue weighted by Crippen LogP contribution is 2.42. The summed E-state index contributed by atoms with van der Waals surface area (Å²) in [5.41, 5.74) is 3.23. The average molecular weight is 516 g/mol. The number of nitrogens with one attached hydrogen (secondary N) is 1. The molecule has 3 aromatic rings. The van der Waals surface area contributed by atoms with Gasteiger partial charge in [0.1, 0.15) is 16.7 Å². The molecule has 36 heavy (non-hydrogen) atoms. The largest absolute Gasteiger partial charge is 0.321 e. The third kappa shape index (κ3) is 5.99. The van der Waals surface area contributed by atoms with Gasteiger partial charge in [-0.1, -0.05) is 79.2 Å². The molecule has 5 nitrogen and oxygen atoms in total. The van der Waals surface area contributed by atoms with Crippen molar-refractivity contribution in [3.05, 3.63) is 106 Å². The van der Waals surface area contributed by atoms with Gasteiger partial charge in [-0.25, -0.2) is 0 Å². The summed E-state index contributed by atoms with van der Waals surface area (Å²) in [7, 11) is 0. The van der Waals surface area contributed by atoms with Gasteiger partial charge in [0, 0.05) is 16.4 Å². The minimum atomic E-state index is -0.543. The van der Waals surface area contributed by atoms with Gasteiger partial charge in [0.25, 0.3) is 5.91 Å². The van der Waals surface area contributed by atoms with E-state index in [1.165, 1.54) is 22.2 Å². The van der Waals surface area contributed by atoms with Crippen molar-refractivity contribution in [2.45, 2.75) is 37.9 Å². The van der Waals surface area contributed by atoms with Crippen LogP contribution in [0.15, 0.2) is 89.5 Å². The van der Waals surface area contributed by atoms with E-state index in [1.807, 2.05) is 66.7 Å². The lowest BCUT2D eigenvalue weighted by atomic mass is 10.1. The molecule has 1 fully saturated rings. The summed E-state index contributed by atoms with van der Waals surface area (Å²) in [6.07, 6.45) is 3.63. The highest BCUT2D eigenvalue weighted by Gasteiger charge is 2.40. The van der Waals surface area contributed by atoms with Crippen LogP contribution in [0, 0.1) is 11.3 Å². The zero-order valence-electron chi connectivity index (χ0n) is 19.9. The Morgan fingerprint density at radius 1 is 1.06 bits per heavy atom. The Morgan fingerprint density at radius 2 is 1.81 bits per heavy atom. The van der Waals surface area contributed by atoms with Gasteiger partial charge in [-0.3, -0.25) is 14.5 Å². The van der Waals surface area contributed by atoms with Gasteiger partial charge in [0.2, 0.25) is 5.91 Å². The number of carbonyl (C=O) groups excluding carboxylic acids is 2. The fourth-order valence-corrected chi connectivity index (χ4v) is 5.53. The van der Waals surface area contributed by atoms with Crippen LogP contribution in [0.1, 0.15) is 30.9 Å². The Labute approximate surface area is 220 Å². The summed E-state index contributed by atoms with van der Waals surface area (Å²) in [5.74, 6) is -0.722. The smallest absolute Gasteiger partial charge is 0.269 e. The summed E-state index contributed by atoms with van der Waals surface area (Å²) in [4.78, 5) is 28.2. The molecule has 4 rings (SSSR count). The first-order chi connectivity index (χ1) is 17.5. The molecule has 1 N–H and O–H groups in total. The molecule has 0 saturated carbocycles. The van der Waals surface area contributed by atoms with Crippen molar-refractivity contribution in [2.24, 2.45) is 0 Å². The van der Waals surface area contributed by atoms with E-state index in [1.54, 1.807) is 18.2 Å². The van der Waals surface area contributed by atoms with Gasteiger partial charge in [-0.2, -0.15) is 5.26 Å². The third-order valence-electron chi connectivity index (χ3n) is 5.86. The number of anilines is 2. The van der Waals surface area contributed by atoms with Crippen molar-refractivity contribution >= 4 is 46.6 Å². The van der Waals surface area contributed by atoms with Gasteiger partial charge in [0.15, 0.2) is 0 Å². The number of carbonyl (C=O) groups is 2. The van der Waals surface area contributed by atoms with E-state index in [-0.39, 0.29) is 11.5 Å². The van der Waals surface area contributed by atoms with Crippen molar-refractivity contribution in [2.75, 3.05) is 10.2 Å². The number of halogens is 1. The SMILES string of the molecule is CCCCc1ccc(NC(=O)/C(C#N)=C2/S[C@H](Cc3cccc(Cl)c3)C(=O)N2c2ccccc2)cc1. The predicted octanol–water partition coefficient (Wildman–Crippen LogP) is 6.75. The highest BCUT2D eigenvalue weighted by molar-refractivity contribution is 8.05. The van der Waals surface area contributed by atoms with Gasteiger partial charge in [-0.15, -0.1) is 0 Å². The summed E-state index contributed by atoms with van der Waals surface area (Å²) < 4.78 is 0. The quantitative estimate of drug-likeness (QED) is 0.266. The molecule has 1 heterocycles. The molecular formula is C29H26ClN3O2S. The molecule has 3 aromatic carbocycles. The van der Waals surface area contributed by atoms with Crippen LogP contribution in [0.5, 0.6) is 0 Å². The lowest BCUT2D eigenvalue weighted by Crippen LogP contribution is -2.30. The van der Waals surface area contributed by atoms with Crippen LogP contribution in [0.25, 0.3) is 0 Å². The number of thioether (sulfide) groups is 1. The molecule has 182 valence electrons. The van der Waals surface area contributed by atoms with E-state index in [2.05, 4.69) is 12.2 Å². The number of hydrogen-bond acceptors (Lipinski definition) is 4. The molecule has 0 aromatic heterocycles. The number of nitriles is 1. The van der Waals surface area contributed by atoms with Gasteiger partial charge >= 0.3 is 0 Å². The fourth-order valence-electron chi connectivity index (χ4n) is 4.01. The van der Waals surface area contributed by atoms with E-state index >= 15 is 0 Å². The monoisotopic (exact) mass is 515 g/mol. The lowest BCUT2D eigenvalue weighted by molar-refractivity contribution is -0.117. The maximum absolute atomic E-state index is 13.5. The third-order valence-corrected chi connectivity index (χ3v) is 7.36. The number of para-hydroxylation sites is 1. The molecule has 0 spiro atoms. The Hall–Kier alpha value is -3.53. The first-order valence-corrected chi connectivity index (χ1v) is 13.1. The fraction of sp³-hybridized carbons (Fsp3) is 0.207. The first kappa shape index (κ1) is 25.6. The topological polar surface area (TPSA) is 73.2 Å². The maximum atomic E-state index is 13.5. The first-order valence-electron chi connectivity index (χ1n) is 11.8. The minimum Gasteiger partial charge on any atom is -0.321 e. The average Bonchev–Trinajstić information content (AvgIpc) is 3.19. The molecule has 1 saturated heterocycles. The lowest BCUT2D eigenvalue weighted by Gasteiger charge is -2.18. The van der Waals surface area contributed by atoms with Crippen LogP contribution >= 0.6 is 23.4 Å². The van der Waals surface area contributed by atoms with Crippen molar-refractivity contribution in [3.63, 3.8) is 0 Å². The Morgan fingerprint density at radius 3 is 2.47 bits per heavy atom. The van der Waals surface area contributed by atoms with Crippen LogP contribution in [0.3, 0.4) is 0 Å². The molecular weight excluding hydrogens is 490 g/mol. The molecule has 1 atom stereocenters. The number of rotatable bonds is 8. The van der Waals surface area contributed by atoms with Crippen LogP contribution in [-0.2, 0) is 22.4 Å². The molecule has 0 radical (unpaired) electrons. The zero-order valence-corrected chi connectivity index (χ0v) is 21.5. The van der Waals surface area contributed by atoms with E-state index in [4.69, 9.17) is 11.6 Å². The summed E-state index contributed by atoms with van der Waals surface area (Å²) in [6, 6.07) is 26.1. The number of amides is 2. The van der Waals surface area contributed by atoms with Crippen LogP contribution in [-0.4, -0.2) is 17.1 Å². The Balaban J connectivity index is 1.63. The number of nitrogens with zero attached hydrogens (tertiary/aromatic N) is 2. The molecule has 7 heteroatoms. The van der Waals surface area contributed by atoms with Crippen LogP contribution in [0.4, 0.5) is 11.4 Å². The van der Waals surface area contributed by atoms with E-state index in [9.17, 15) is 14.9 Å². The van der Waals surface area contributed by atoms with Crippen molar-refractivity contribution < 1.29 is 9.59 Å². The normalized spacial score (nSPS) is 16.5. The Kier molecular flexibility index (Phi) is 8.48. The van der Waals surface area contributed by atoms with Crippen LogP contribution in [0.2, 0.25) is 5.02 Å². The second-order valence-corrected chi connectivity index (χ2v) is 10.1. The minimum absolute atomic E-state index is 0.0964. The summed E-state index contributed by atoms with van der Waals surface area (Å²) in [5, 5.41) is 13.3. The van der Waals surface area contributed by atoms with Gasteiger partial charge < -0.3 is 5.32 Å². The molecule has 0 bridgehead atoms. The molecule has 2 amide bonds. The second kappa shape index (κ2) is 11.9. The second-order valence-electron chi connectivity index (χ2n) is 8.50. The van der Waals surface area contributed by atoms with Gasteiger partial charge in [-0.05, 0) is 66.8 Å². The Bertz CT molecular complexity index is 1320. The van der Waals surface area contributed by atoms with E-state index < -0.39 is 11.2 Å². The number of benzene rings is 3. The summed E-state index contributed by atoms with van der Waals surface area (Å²) in [6.45, 7) is 2.15. The predicted molar refractivity (Wildman–Crippen MR) is 147 cm³/mol. The highest BCUT2D eigenvalue weighted by atomic mass is 35.5. The molecule has 0 aliphatic carbocycles. The maximum Gasteiger partial charge on any atom is 0.269 e. The van der Waals surface area contributed by atoms with Crippen molar-refractivity contribution in [1.82, 2.24) is 0 Å². The van der Waals surface area contributed by atoms with Crippen molar-refractivity contribution in [3.8, 4) is 6.07 Å². The zero-order chi connectivity index (χ0) is 25.5. The van der Waals surface area contributed by atoms with E-state index in [0.29, 0.717) is 27.8 Å². The number of aryl methyl sites for hydroxylation is 1. The number of hydrogen-bond donors (Lipinski definition) is 1. The van der Waals surface area contributed by atoms with Gasteiger partial charge in [0.05, 0.1) is 5.25 Å².